The first-order chi connectivity index (χ1) is 8.99. The molecule has 1 aromatic carbocycles. The van der Waals surface area contributed by atoms with Gasteiger partial charge in [-0.05, 0) is 68.8 Å². The second-order valence-electron chi connectivity index (χ2n) is 4.96. The lowest BCUT2D eigenvalue weighted by molar-refractivity contribution is 0.335. The van der Waals surface area contributed by atoms with Crippen molar-refractivity contribution in [1.82, 2.24) is 5.32 Å². The maximum Gasteiger partial charge on any atom is 0.147 e. The van der Waals surface area contributed by atoms with Gasteiger partial charge in [0.15, 0.2) is 0 Å². The largest absolute Gasteiger partial charge is 0.492 e. The highest BCUT2D eigenvalue weighted by Crippen LogP contribution is 2.34. The molecule has 0 aliphatic carbocycles. The molecule has 0 amide bonds. The number of hydrogen-bond acceptors (Lipinski definition) is 2. The van der Waals surface area contributed by atoms with E-state index in [1.807, 2.05) is 6.92 Å². The molecular formula is C15H23Br2NO. The van der Waals surface area contributed by atoms with Crippen molar-refractivity contribution in [2.24, 2.45) is 5.92 Å². The van der Waals surface area contributed by atoms with Crippen molar-refractivity contribution in [2.45, 2.75) is 46.7 Å². The maximum atomic E-state index is 5.59. The van der Waals surface area contributed by atoms with Gasteiger partial charge in [-0.2, -0.15) is 0 Å². The fourth-order valence-electron chi connectivity index (χ4n) is 2.10. The van der Waals surface area contributed by atoms with Gasteiger partial charge in [0.05, 0.1) is 15.6 Å². The number of hydrogen-bond donors (Lipinski definition) is 1. The van der Waals surface area contributed by atoms with E-state index in [1.165, 1.54) is 5.56 Å². The van der Waals surface area contributed by atoms with E-state index in [-0.39, 0.29) is 0 Å². The summed E-state index contributed by atoms with van der Waals surface area (Å²) in [6.45, 7) is 10.3. The van der Waals surface area contributed by atoms with Crippen molar-refractivity contribution in [2.75, 3.05) is 6.61 Å². The van der Waals surface area contributed by atoms with Gasteiger partial charge in [0.2, 0.25) is 0 Å². The van der Waals surface area contributed by atoms with E-state index in [1.54, 1.807) is 0 Å². The molecule has 0 aliphatic rings. The van der Waals surface area contributed by atoms with Crippen LogP contribution < -0.4 is 10.1 Å². The minimum Gasteiger partial charge on any atom is -0.492 e. The first-order valence-corrected chi connectivity index (χ1v) is 8.42. The summed E-state index contributed by atoms with van der Waals surface area (Å²) in [6, 6.07) is 4.80. The Kier molecular flexibility index (Phi) is 7.40. The molecule has 0 spiro atoms. The monoisotopic (exact) mass is 391 g/mol. The number of nitrogens with one attached hydrogen (secondary N) is 1. The fourth-order valence-corrected chi connectivity index (χ4v) is 3.61. The third kappa shape index (κ3) is 5.09. The zero-order valence-electron chi connectivity index (χ0n) is 12.1. The topological polar surface area (TPSA) is 21.3 Å². The molecule has 0 aliphatic heterocycles. The summed E-state index contributed by atoms with van der Waals surface area (Å²) in [5.41, 5.74) is 1.25. The Balaban J connectivity index is 2.75. The van der Waals surface area contributed by atoms with E-state index in [2.05, 4.69) is 70.1 Å². The quantitative estimate of drug-likeness (QED) is 0.693. The third-order valence-electron chi connectivity index (χ3n) is 3.16. The van der Waals surface area contributed by atoms with Crippen LogP contribution in [0.15, 0.2) is 21.1 Å². The second kappa shape index (κ2) is 8.28. The van der Waals surface area contributed by atoms with Crippen LogP contribution in [0.25, 0.3) is 0 Å². The van der Waals surface area contributed by atoms with Crippen molar-refractivity contribution in [3.63, 3.8) is 0 Å². The van der Waals surface area contributed by atoms with Crippen LogP contribution in [0.1, 0.15) is 39.7 Å². The lowest BCUT2D eigenvalue weighted by atomic mass is 10.0. The Bertz CT molecular complexity index is 384. The predicted octanol–water partition coefficient (Wildman–Crippen LogP) is 5.13. The summed E-state index contributed by atoms with van der Waals surface area (Å²) in [5, 5.41) is 3.61. The van der Waals surface area contributed by atoms with Crippen molar-refractivity contribution < 1.29 is 4.74 Å². The van der Waals surface area contributed by atoms with Crippen LogP contribution in [0.4, 0.5) is 0 Å². The molecule has 108 valence electrons. The summed E-state index contributed by atoms with van der Waals surface area (Å²) in [4.78, 5) is 0. The first kappa shape index (κ1) is 17.0. The minimum atomic E-state index is 0.559. The van der Waals surface area contributed by atoms with E-state index < -0.39 is 0 Å². The highest BCUT2D eigenvalue weighted by atomic mass is 79.9. The molecule has 0 bridgehead atoms. The number of rotatable bonds is 7. The van der Waals surface area contributed by atoms with Crippen molar-refractivity contribution in [3.8, 4) is 5.75 Å². The Hall–Kier alpha value is -0.0600. The molecular weight excluding hydrogens is 370 g/mol. The van der Waals surface area contributed by atoms with Gasteiger partial charge in [-0.3, -0.25) is 0 Å². The summed E-state index contributed by atoms with van der Waals surface area (Å²) in [6.07, 6.45) is 1.15. The molecule has 0 heterocycles. The average molecular weight is 393 g/mol. The van der Waals surface area contributed by atoms with Crippen LogP contribution in [-0.4, -0.2) is 12.6 Å². The zero-order chi connectivity index (χ0) is 14.4. The molecule has 0 aromatic heterocycles. The second-order valence-corrected chi connectivity index (χ2v) is 6.67. The molecule has 1 rings (SSSR count). The van der Waals surface area contributed by atoms with Gasteiger partial charge in [0.25, 0.3) is 0 Å². The minimum absolute atomic E-state index is 0.559. The molecule has 0 radical (unpaired) electrons. The molecule has 1 unspecified atom stereocenters. The molecule has 0 saturated heterocycles. The summed E-state index contributed by atoms with van der Waals surface area (Å²) < 4.78 is 7.59. The molecule has 1 aromatic rings. The normalized spacial score (nSPS) is 12.8. The van der Waals surface area contributed by atoms with Gasteiger partial charge in [0, 0.05) is 12.6 Å². The number of halogens is 2. The average Bonchev–Trinajstić information content (AvgIpc) is 2.34. The smallest absolute Gasteiger partial charge is 0.147 e. The Morgan fingerprint density at radius 1 is 1.16 bits per heavy atom. The summed E-state index contributed by atoms with van der Waals surface area (Å²) >= 11 is 7.14. The Labute approximate surface area is 133 Å². The van der Waals surface area contributed by atoms with Gasteiger partial charge in [-0.25, -0.2) is 0 Å². The van der Waals surface area contributed by atoms with Crippen LogP contribution in [0.3, 0.4) is 0 Å². The van der Waals surface area contributed by atoms with Crippen molar-refractivity contribution >= 4 is 31.9 Å². The standard InChI is InChI=1S/C15H23Br2NO/c1-5-14(10(3)4)18-9-11-7-12(16)15(19-6-2)13(17)8-11/h7-8,10,14,18H,5-6,9H2,1-4H3. The molecule has 1 atom stereocenters. The van der Waals surface area contributed by atoms with Crippen LogP contribution in [-0.2, 0) is 6.54 Å². The van der Waals surface area contributed by atoms with Crippen molar-refractivity contribution in [3.05, 3.63) is 26.6 Å². The third-order valence-corrected chi connectivity index (χ3v) is 4.34. The fraction of sp³-hybridized carbons (Fsp3) is 0.600. The summed E-state index contributed by atoms with van der Waals surface area (Å²) in [7, 11) is 0. The SMILES string of the molecule is CCOc1c(Br)cc(CNC(CC)C(C)C)cc1Br. The molecule has 4 heteroatoms. The van der Waals surface area contributed by atoms with E-state index >= 15 is 0 Å². The van der Waals surface area contributed by atoms with Crippen LogP contribution in [0.5, 0.6) is 5.75 Å². The molecule has 0 fully saturated rings. The molecule has 19 heavy (non-hydrogen) atoms. The van der Waals surface area contributed by atoms with Gasteiger partial charge in [-0.1, -0.05) is 20.8 Å². The molecule has 0 saturated carbocycles. The van der Waals surface area contributed by atoms with E-state index in [0.29, 0.717) is 18.6 Å². The number of benzene rings is 1. The van der Waals surface area contributed by atoms with E-state index in [4.69, 9.17) is 4.74 Å². The summed E-state index contributed by atoms with van der Waals surface area (Å²) in [5.74, 6) is 1.53. The molecule has 1 N–H and O–H groups in total. The first-order valence-electron chi connectivity index (χ1n) is 6.83. The Morgan fingerprint density at radius 2 is 1.74 bits per heavy atom. The van der Waals surface area contributed by atoms with Crippen LogP contribution in [0.2, 0.25) is 0 Å². The van der Waals surface area contributed by atoms with Gasteiger partial charge >= 0.3 is 0 Å². The van der Waals surface area contributed by atoms with Crippen LogP contribution >= 0.6 is 31.9 Å². The lowest BCUT2D eigenvalue weighted by Gasteiger charge is -2.21. The van der Waals surface area contributed by atoms with Crippen LogP contribution in [0, 0.1) is 5.92 Å². The maximum absolute atomic E-state index is 5.59. The van der Waals surface area contributed by atoms with Crippen molar-refractivity contribution in [1.29, 1.82) is 0 Å². The van der Waals surface area contributed by atoms with E-state index in [9.17, 15) is 0 Å². The van der Waals surface area contributed by atoms with E-state index in [0.717, 1.165) is 27.7 Å². The van der Waals surface area contributed by atoms with Gasteiger partial charge in [0.1, 0.15) is 5.75 Å². The zero-order valence-corrected chi connectivity index (χ0v) is 15.3. The highest BCUT2D eigenvalue weighted by Gasteiger charge is 2.12. The Morgan fingerprint density at radius 3 is 2.16 bits per heavy atom. The predicted molar refractivity (Wildman–Crippen MR) is 88.8 cm³/mol. The highest BCUT2D eigenvalue weighted by molar-refractivity contribution is 9.11. The van der Waals surface area contributed by atoms with Gasteiger partial charge in [-0.15, -0.1) is 0 Å². The molecule has 2 nitrogen and oxygen atoms in total. The van der Waals surface area contributed by atoms with Gasteiger partial charge < -0.3 is 10.1 Å². The number of ether oxygens (including phenoxy) is 1. The lowest BCUT2D eigenvalue weighted by Crippen LogP contribution is -2.32.